The van der Waals surface area contributed by atoms with E-state index in [0.717, 1.165) is 32.6 Å². The Balaban J connectivity index is 1.46. The summed E-state index contributed by atoms with van der Waals surface area (Å²) in [7, 11) is 0. The van der Waals surface area contributed by atoms with Gasteiger partial charge in [-0.1, -0.05) is 24.3 Å². The molecule has 1 aromatic carbocycles. The highest BCUT2D eigenvalue weighted by Gasteiger charge is 2.32. The van der Waals surface area contributed by atoms with Crippen LogP contribution in [0.3, 0.4) is 0 Å². The number of fused-ring (bicyclic) bond motifs is 1. The number of halogens is 3. The Morgan fingerprint density at radius 2 is 1.64 bits per heavy atom. The molecule has 2 heterocycles. The van der Waals surface area contributed by atoms with Gasteiger partial charge in [-0.25, -0.2) is 0 Å². The third kappa shape index (κ3) is 4.21. The van der Waals surface area contributed by atoms with Gasteiger partial charge in [-0.05, 0) is 17.5 Å². The van der Waals surface area contributed by atoms with Crippen molar-refractivity contribution in [2.24, 2.45) is 0 Å². The fourth-order valence-electron chi connectivity index (χ4n) is 3.35. The zero-order valence-electron chi connectivity index (χ0n) is 12.6. The first-order valence-corrected chi connectivity index (χ1v) is 7.81. The molecule has 0 spiro atoms. The molecule has 1 aromatic rings. The summed E-state index contributed by atoms with van der Waals surface area (Å²) in [6.45, 7) is 3.45. The molecule has 0 aromatic heterocycles. The average molecular weight is 313 g/mol. The zero-order valence-corrected chi connectivity index (χ0v) is 12.6. The minimum atomic E-state index is -4.09. The fraction of sp³-hybridized carbons (Fsp3) is 0.625. The lowest BCUT2D eigenvalue weighted by Crippen LogP contribution is -2.53. The number of nitrogens with one attached hydrogen (secondary N) is 1. The third-order valence-corrected chi connectivity index (χ3v) is 4.51. The molecule has 122 valence electrons. The Morgan fingerprint density at radius 3 is 2.32 bits per heavy atom. The van der Waals surface area contributed by atoms with Crippen LogP contribution >= 0.6 is 0 Å². The van der Waals surface area contributed by atoms with Crippen LogP contribution in [-0.4, -0.2) is 61.3 Å². The molecular weight excluding hydrogens is 291 g/mol. The average Bonchev–Trinajstić information content (AvgIpc) is 2.48. The number of nitrogens with zero attached hydrogens (tertiary/aromatic N) is 2. The molecule has 1 atom stereocenters. The second kappa shape index (κ2) is 6.56. The summed E-state index contributed by atoms with van der Waals surface area (Å²) in [6.07, 6.45) is -3.09. The van der Waals surface area contributed by atoms with Gasteiger partial charge in [0.15, 0.2) is 0 Å². The molecule has 2 aliphatic rings. The molecule has 6 heteroatoms. The Labute approximate surface area is 129 Å². The molecule has 0 amide bonds. The lowest BCUT2D eigenvalue weighted by molar-refractivity contribution is -0.149. The lowest BCUT2D eigenvalue weighted by atomic mass is 9.95. The van der Waals surface area contributed by atoms with Gasteiger partial charge in [-0.3, -0.25) is 9.80 Å². The molecule has 3 rings (SSSR count). The van der Waals surface area contributed by atoms with E-state index in [4.69, 9.17) is 0 Å². The molecule has 0 aliphatic carbocycles. The van der Waals surface area contributed by atoms with Gasteiger partial charge < -0.3 is 5.32 Å². The molecule has 0 bridgehead atoms. The number of piperazine rings is 1. The van der Waals surface area contributed by atoms with Gasteiger partial charge in [0.25, 0.3) is 0 Å². The van der Waals surface area contributed by atoms with E-state index in [0.29, 0.717) is 19.1 Å². The first-order chi connectivity index (χ1) is 10.5. The molecule has 1 N–H and O–H groups in total. The van der Waals surface area contributed by atoms with Crippen molar-refractivity contribution in [2.75, 3.05) is 39.3 Å². The van der Waals surface area contributed by atoms with Gasteiger partial charge in [0.05, 0.1) is 6.54 Å². The van der Waals surface area contributed by atoms with Crippen molar-refractivity contribution in [3.05, 3.63) is 35.4 Å². The Kier molecular flexibility index (Phi) is 4.70. The highest BCUT2D eigenvalue weighted by Crippen LogP contribution is 2.19. The lowest BCUT2D eigenvalue weighted by Gasteiger charge is -2.37. The highest BCUT2D eigenvalue weighted by molar-refractivity contribution is 5.29. The monoisotopic (exact) mass is 313 g/mol. The Hall–Kier alpha value is -1.11. The van der Waals surface area contributed by atoms with E-state index in [-0.39, 0.29) is 0 Å². The predicted molar refractivity (Wildman–Crippen MR) is 79.7 cm³/mol. The standard InChI is InChI=1S/C16H22F3N3/c17-16(18,19)12-22-7-5-21(6-8-22)11-15-9-13-3-1-2-4-14(13)10-20-15/h1-4,15,20H,5-12H2. The van der Waals surface area contributed by atoms with Gasteiger partial charge in [0, 0.05) is 45.3 Å². The van der Waals surface area contributed by atoms with Crippen LogP contribution in [0, 0.1) is 0 Å². The first-order valence-electron chi connectivity index (χ1n) is 7.81. The van der Waals surface area contributed by atoms with Crippen LogP contribution < -0.4 is 5.32 Å². The normalized spacial score (nSPS) is 24.2. The van der Waals surface area contributed by atoms with Crippen molar-refractivity contribution < 1.29 is 13.2 Å². The van der Waals surface area contributed by atoms with Gasteiger partial charge in [0.2, 0.25) is 0 Å². The predicted octanol–water partition coefficient (Wildman–Crippen LogP) is 1.88. The third-order valence-electron chi connectivity index (χ3n) is 4.51. The van der Waals surface area contributed by atoms with E-state index in [1.165, 1.54) is 16.0 Å². The van der Waals surface area contributed by atoms with Crippen LogP contribution in [0.2, 0.25) is 0 Å². The Morgan fingerprint density at radius 1 is 1.00 bits per heavy atom. The summed E-state index contributed by atoms with van der Waals surface area (Å²) in [4.78, 5) is 3.78. The largest absolute Gasteiger partial charge is 0.401 e. The fourth-order valence-corrected chi connectivity index (χ4v) is 3.35. The topological polar surface area (TPSA) is 18.5 Å². The van der Waals surface area contributed by atoms with Crippen molar-refractivity contribution in [3.63, 3.8) is 0 Å². The first kappa shape index (κ1) is 15.8. The number of rotatable bonds is 3. The summed E-state index contributed by atoms with van der Waals surface area (Å²) < 4.78 is 37.2. The molecule has 1 fully saturated rings. The van der Waals surface area contributed by atoms with E-state index in [1.54, 1.807) is 0 Å². The minimum Gasteiger partial charge on any atom is -0.308 e. The number of benzene rings is 1. The van der Waals surface area contributed by atoms with Crippen LogP contribution in [0.25, 0.3) is 0 Å². The van der Waals surface area contributed by atoms with Gasteiger partial charge in [-0.15, -0.1) is 0 Å². The second-order valence-electron chi connectivity index (χ2n) is 6.24. The molecule has 1 saturated heterocycles. The highest BCUT2D eigenvalue weighted by atomic mass is 19.4. The maximum atomic E-state index is 12.4. The van der Waals surface area contributed by atoms with Gasteiger partial charge in [0.1, 0.15) is 0 Å². The van der Waals surface area contributed by atoms with Crippen molar-refractivity contribution in [2.45, 2.75) is 25.2 Å². The molecule has 0 radical (unpaired) electrons. The second-order valence-corrected chi connectivity index (χ2v) is 6.24. The van der Waals surface area contributed by atoms with Crippen molar-refractivity contribution in [3.8, 4) is 0 Å². The molecular formula is C16H22F3N3. The summed E-state index contributed by atoms with van der Waals surface area (Å²) in [6, 6.07) is 8.83. The SMILES string of the molecule is FC(F)(F)CN1CCN(CC2Cc3ccccc3CN2)CC1. The maximum Gasteiger partial charge on any atom is 0.401 e. The summed E-state index contributed by atoms with van der Waals surface area (Å²) >= 11 is 0. The summed E-state index contributed by atoms with van der Waals surface area (Å²) in [5.74, 6) is 0. The van der Waals surface area contributed by atoms with Gasteiger partial charge in [-0.2, -0.15) is 13.2 Å². The van der Waals surface area contributed by atoms with E-state index in [2.05, 4.69) is 34.5 Å². The van der Waals surface area contributed by atoms with Gasteiger partial charge >= 0.3 is 6.18 Å². The molecule has 2 aliphatic heterocycles. The Bertz CT molecular complexity index is 496. The van der Waals surface area contributed by atoms with E-state index in [1.807, 2.05) is 0 Å². The molecule has 0 saturated carbocycles. The zero-order chi connectivity index (χ0) is 15.6. The van der Waals surface area contributed by atoms with Crippen LogP contribution in [0.5, 0.6) is 0 Å². The van der Waals surface area contributed by atoms with Crippen molar-refractivity contribution in [1.29, 1.82) is 0 Å². The van der Waals surface area contributed by atoms with Crippen LogP contribution in [0.1, 0.15) is 11.1 Å². The summed E-state index contributed by atoms with van der Waals surface area (Å²) in [5, 5.41) is 3.54. The molecule has 22 heavy (non-hydrogen) atoms. The maximum absolute atomic E-state index is 12.4. The van der Waals surface area contributed by atoms with E-state index < -0.39 is 12.7 Å². The number of alkyl halides is 3. The van der Waals surface area contributed by atoms with Crippen LogP contribution in [-0.2, 0) is 13.0 Å². The minimum absolute atomic E-state index is 0.393. The van der Waals surface area contributed by atoms with Crippen LogP contribution in [0.15, 0.2) is 24.3 Å². The van der Waals surface area contributed by atoms with Crippen molar-refractivity contribution in [1.82, 2.24) is 15.1 Å². The van der Waals surface area contributed by atoms with E-state index in [9.17, 15) is 13.2 Å². The van der Waals surface area contributed by atoms with E-state index >= 15 is 0 Å². The quantitative estimate of drug-likeness (QED) is 0.919. The smallest absolute Gasteiger partial charge is 0.308 e. The van der Waals surface area contributed by atoms with Crippen molar-refractivity contribution >= 4 is 0 Å². The number of hydrogen-bond acceptors (Lipinski definition) is 3. The van der Waals surface area contributed by atoms with Crippen LogP contribution in [0.4, 0.5) is 13.2 Å². The molecule has 1 unspecified atom stereocenters. The molecule has 3 nitrogen and oxygen atoms in total. The summed E-state index contributed by atoms with van der Waals surface area (Å²) in [5.41, 5.74) is 2.75. The number of hydrogen-bond donors (Lipinski definition) is 1.